The van der Waals surface area contributed by atoms with Gasteiger partial charge in [0.2, 0.25) is 0 Å². The molecule has 76 valence electrons. The minimum atomic E-state index is -1.31. The zero-order valence-electron chi connectivity index (χ0n) is 9.09. The van der Waals surface area contributed by atoms with E-state index < -0.39 is 16.4 Å². The molecule has 2 heteroatoms. The van der Waals surface area contributed by atoms with Crippen molar-refractivity contribution in [3.63, 3.8) is 0 Å². The largest absolute Gasteiger partial charge is 0.375 e. The van der Waals surface area contributed by atoms with Crippen LogP contribution in [-0.2, 0) is 0 Å². The molecule has 0 radical (unpaired) electrons. The van der Waals surface area contributed by atoms with Crippen LogP contribution < -0.4 is 0 Å². The second-order valence-electron chi connectivity index (χ2n) is 5.15. The third kappa shape index (κ3) is 1.15. The lowest BCUT2D eigenvalue weighted by atomic mass is 9.52. The van der Waals surface area contributed by atoms with E-state index in [4.69, 9.17) is 11.7 Å². The number of nitriles is 1. The van der Waals surface area contributed by atoms with Gasteiger partial charge in [-0.05, 0) is 19.3 Å². The van der Waals surface area contributed by atoms with Gasteiger partial charge in [0.25, 0.3) is 0 Å². The van der Waals surface area contributed by atoms with E-state index in [2.05, 4.69) is 12.0 Å². The Bertz CT molecular complexity index is 309. The lowest BCUT2D eigenvalue weighted by Crippen LogP contribution is -2.58. The first-order valence-electron chi connectivity index (χ1n) is 4.94. The number of nitrogens with zero attached hydrogens (tertiary/aromatic N) is 1. The van der Waals surface area contributed by atoms with E-state index in [9.17, 15) is 5.11 Å². The topological polar surface area (TPSA) is 44.0 Å². The summed E-state index contributed by atoms with van der Waals surface area (Å²) in [6, 6.07) is 2.22. The first kappa shape index (κ1) is 11.1. The Morgan fingerprint density at radius 1 is 1.36 bits per heavy atom. The van der Waals surface area contributed by atoms with E-state index in [-0.39, 0.29) is 0 Å². The Labute approximate surface area is 85.9 Å². The van der Waals surface area contributed by atoms with Gasteiger partial charge in [0, 0.05) is 5.41 Å². The SMILES string of the molecule is C#C[C@@](O)(C(C)(C)C)C1(C#N)CCC1. The summed E-state index contributed by atoms with van der Waals surface area (Å²) < 4.78 is 0. The molecular weight excluding hydrogens is 174 g/mol. The highest BCUT2D eigenvalue weighted by Gasteiger charge is 2.59. The zero-order valence-corrected chi connectivity index (χ0v) is 9.09. The lowest BCUT2D eigenvalue weighted by molar-refractivity contribution is -0.117. The molecule has 14 heavy (non-hydrogen) atoms. The first-order valence-corrected chi connectivity index (χ1v) is 4.94. The van der Waals surface area contributed by atoms with Gasteiger partial charge in [-0.25, -0.2) is 0 Å². The van der Waals surface area contributed by atoms with Crippen molar-refractivity contribution in [2.45, 2.75) is 45.6 Å². The van der Waals surface area contributed by atoms with Crippen molar-refractivity contribution in [3.8, 4) is 18.4 Å². The average Bonchev–Trinajstić information content (AvgIpc) is 2.00. The van der Waals surface area contributed by atoms with Crippen molar-refractivity contribution >= 4 is 0 Å². The number of aliphatic hydroxyl groups is 1. The van der Waals surface area contributed by atoms with E-state index in [1.807, 2.05) is 20.8 Å². The highest BCUT2D eigenvalue weighted by Crippen LogP contribution is 2.54. The summed E-state index contributed by atoms with van der Waals surface area (Å²) in [4.78, 5) is 0. The average molecular weight is 191 g/mol. The van der Waals surface area contributed by atoms with Crippen molar-refractivity contribution in [2.24, 2.45) is 10.8 Å². The van der Waals surface area contributed by atoms with Crippen molar-refractivity contribution in [2.75, 3.05) is 0 Å². The predicted octanol–water partition coefficient (Wildman–Crippen LogP) is 2.09. The van der Waals surface area contributed by atoms with Crippen molar-refractivity contribution in [1.82, 2.24) is 0 Å². The highest BCUT2D eigenvalue weighted by molar-refractivity contribution is 5.29. The van der Waals surface area contributed by atoms with Crippen LogP contribution >= 0.6 is 0 Å². The fourth-order valence-electron chi connectivity index (χ4n) is 2.16. The van der Waals surface area contributed by atoms with Gasteiger partial charge in [-0.2, -0.15) is 5.26 Å². The van der Waals surface area contributed by atoms with Gasteiger partial charge < -0.3 is 5.11 Å². The fraction of sp³-hybridized carbons (Fsp3) is 0.750. The molecule has 1 saturated carbocycles. The number of hydrogen-bond donors (Lipinski definition) is 1. The van der Waals surface area contributed by atoms with Crippen molar-refractivity contribution in [1.29, 1.82) is 5.26 Å². The Morgan fingerprint density at radius 2 is 1.86 bits per heavy atom. The molecule has 1 aliphatic rings. The second kappa shape index (κ2) is 3.01. The summed E-state index contributed by atoms with van der Waals surface area (Å²) in [5.74, 6) is 2.45. The maximum Gasteiger partial charge on any atom is 0.148 e. The van der Waals surface area contributed by atoms with Gasteiger partial charge in [-0.3, -0.25) is 0 Å². The summed E-state index contributed by atoms with van der Waals surface area (Å²) in [6.45, 7) is 5.64. The maximum absolute atomic E-state index is 10.5. The summed E-state index contributed by atoms with van der Waals surface area (Å²) in [6.07, 6.45) is 7.81. The van der Waals surface area contributed by atoms with Gasteiger partial charge in [-0.1, -0.05) is 26.7 Å². The van der Waals surface area contributed by atoms with Crippen LogP contribution in [0.15, 0.2) is 0 Å². The minimum Gasteiger partial charge on any atom is -0.375 e. The van der Waals surface area contributed by atoms with Gasteiger partial charge in [0.05, 0.1) is 11.5 Å². The zero-order chi connectivity index (χ0) is 11.0. The summed E-state index contributed by atoms with van der Waals surface area (Å²) >= 11 is 0. The maximum atomic E-state index is 10.5. The standard InChI is InChI=1S/C12H17NO/c1-5-12(14,10(2,3)4)11(9-13)7-6-8-11/h1,14H,6-8H2,2-4H3/t12-/m1/s1. The van der Waals surface area contributed by atoms with E-state index >= 15 is 0 Å². The Hall–Kier alpha value is -0.990. The molecule has 2 nitrogen and oxygen atoms in total. The van der Waals surface area contributed by atoms with Crippen LogP contribution in [0.1, 0.15) is 40.0 Å². The molecule has 0 bridgehead atoms. The van der Waals surface area contributed by atoms with Crippen LogP contribution in [-0.4, -0.2) is 10.7 Å². The van der Waals surface area contributed by atoms with E-state index in [1.54, 1.807) is 0 Å². The lowest BCUT2D eigenvalue weighted by Gasteiger charge is -2.51. The second-order valence-corrected chi connectivity index (χ2v) is 5.15. The third-order valence-electron chi connectivity index (χ3n) is 3.41. The molecule has 1 rings (SSSR count). The van der Waals surface area contributed by atoms with E-state index in [0.717, 1.165) is 6.42 Å². The molecule has 0 unspecified atom stereocenters. The molecule has 0 amide bonds. The fourth-order valence-corrected chi connectivity index (χ4v) is 2.16. The molecule has 1 aliphatic carbocycles. The number of hydrogen-bond acceptors (Lipinski definition) is 2. The molecule has 1 atom stereocenters. The highest BCUT2D eigenvalue weighted by atomic mass is 16.3. The van der Waals surface area contributed by atoms with E-state index in [0.29, 0.717) is 12.8 Å². The van der Waals surface area contributed by atoms with Crippen LogP contribution in [0.5, 0.6) is 0 Å². The van der Waals surface area contributed by atoms with Crippen LogP contribution in [0.3, 0.4) is 0 Å². The Kier molecular flexibility index (Phi) is 2.38. The molecule has 0 aromatic rings. The van der Waals surface area contributed by atoms with E-state index in [1.165, 1.54) is 0 Å². The summed E-state index contributed by atoms with van der Waals surface area (Å²) in [5, 5.41) is 19.6. The van der Waals surface area contributed by atoms with Crippen molar-refractivity contribution in [3.05, 3.63) is 0 Å². The number of rotatable bonds is 1. The molecule has 1 fully saturated rings. The van der Waals surface area contributed by atoms with Gasteiger partial charge in [0.15, 0.2) is 0 Å². The van der Waals surface area contributed by atoms with Crippen molar-refractivity contribution < 1.29 is 5.11 Å². The molecular formula is C12H17NO. The molecule has 0 aromatic heterocycles. The van der Waals surface area contributed by atoms with Crippen LogP contribution in [0.25, 0.3) is 0 Å². The summed E-state index contributed by atoms with van der Waals surface area (Å²) in [7, 11) is 0. The monoisotopic (exact) mass is 191 g/mol. The molecule has 0 heterocycles. The molecule has 0 aromatic carbocycles. The van der Waals surface area contributed by atoms with Gasteiger partial charge in [-0.15, -0.1) is 6.42 Å². The predicted molar refractivity (Wildman–Crippen MR) is 55.1 cm³/mol. The third-order valence-corrected chi connectivity index (χ3v) is 3.41. The smallest absolute Gasteiger partial charge is 0.148 e. The number of terminal acetylenes is 1. The van der Waals surface area contributed by atoms with Crippen LogP contribution in [0, 0.1) is 34.5 Å². The Morgan fingerprint density at radius 3 is 1.93 bits per heavy atom. The minimum absolute atomic E-state index is 0.460. The van der Waals surface area contributed by atoms with Crippen LogP contribution in [0.2, 0.25) is 0 Å². The van der Waals surface area contributed by atoms with Crippen LogP contribution in [0.4, 0.5) is 0 Å². The van der Waals surface area contributed by atoms with Gasteiger partial charge >= 0.3 is 0 Å². The molecule has 1 N–H and O–H groups in total. The molecule has 0 aliphatic heterocycles. The van der Waals surface area contributed by atoms with Gasteiger partial charge in [0.1, 0.15) is 5.60 Å². The molecule has 0 spiro atoms. The Balaban J connectivity index is 3.16. The first-order chi connectivity index (χ1) is 6.33. The normalized spacial score (nSPS) is 23.9. The quantitative estimate of drug-likeness (QED) is 0.645. The summed E-state index contributed by atoms with van der Waals surface area (Å²) in [5.41, 5.74) is -2.50. The molecule has 0 saturated heterocycles.